The SMILES string of the molecule is Cc1c(NC(O)c2nc3c(n2C)CCNC3)cccc1-c1cccc(NC(=O)c2nc3c(n2C)CCN(CCC24CCC(C(=O)O)(CC2)C4)C3)c1Cl. The molecule has 0 spiro atoms. The number of carboxylic acids is 1. The molecule has 52 heavy (non-hydrogen) atoms. The monoisotopic (exact) mass is 726 g/mol. The van der Waals surface area contributed by atoms with E-state index >= 15 is 0 Å². The van der Waals surface area contributed by atoms with Gasteiger partial charge in [0, 0.05) is 75.8 Å². The highest BCUT2D eigenvalue weighted by atomic mass is 35.5. The zero-order valence-electron chi connectivity index (χ0n) is 30.1. The summed E-state index contributed by atoms with van der Waals surface area (Å²) in [5, 5.41) is 31.0. The van der Waals surface area contributed by atoms with Crippen molar-refractivity contribution in [1.82, 2.24) is 29.3 Å². The number of hydrogen-bond donors (Lipinski definition) is 5. The summed E-state index contributed by atoms with van der Waals surface area (Å²) < 4.78 is 3.87. The lowest BCUT2D eigenvalue weighted by atomic mass is 9.80. The minimum atomic E-state index is -1.00. The van der Waals surface area contributed by atoms with Gasteiger partial charge in [-0.05, 0) is 80.7 Å². The first-order valence-electron chi connectivity index (χ1n) is 18.4. The maximum atomic E-state index is 13.7. The number of aliphatic carboxylic acids is 1. The van der Waals surface area contributed by atoms with Crippen LogP contribution >= 0.6 is 11.6 Å². The number of halogens is 1. The van der Waals surface area contributed by atoms with E-state index in [1.165, 1.54) is 0 Å². The Kier molecular flexibility index (Phi) is 8.92. The topological polar surface area (TPSA) is 150 Å². The molecule has 5 N–H and O–H groups in total. The Bertz CT molecular complexity index is 2060. The van der Waals surface area contributed by atoms with Crippen LogP contribution in [0.15, 0.2) is 36.4 Å². The number of rotatable bonds is 10. The first-order chi connectivity index (χ1) is 25.0. The van der Waals surface area contributed by atoms with Crippen molar-refractivity contribution in [3.8, 4) is 11.1 Å². The highest BCUT2D eigenvalue weighted by Crippen LogP contribution is 2.63. The van der Waals surface area contributed by atoms with Crippen molar-refractivity contribution in [2.24, 2.45) is 24.9 Å². The smallest absolute Gasteiger partial charge is 0.309 e. The van der Waals surface area contributed by atoms with Crippen LogP contribution in [0.4, 0.5) is 11.4 Å². The van der Waals surface area contributed by atoms with Gasteiger partial charge in [-0.1, -0.05) is 35.9 Å². The summed E-state index contributed by atoms with van der Waals surface area (Å²) in [6, 6.07) is 11.4. The third-order valence-electron chi connectivity index (χ3n) is 12.5. The number of aromatic nitrogens is 4. The lowest BCUT2D eigenvalue weighted by molar-refractivity contribution is -0.148. The third kappa shape index (κ3) is 5.99. The van der Waals surface area contributed by atoms with Crippen molar-refractivity contribution in [3.05, 3.63) is 81.4 Å². The van der Waals surface area contributed by atoms with E-state index in [1.54, 1.807) is 6.07 Å². The molecular weight excluding hydrogens is 680 g/mol. The van der Waals surface area contributed by atoms with E-state index in [-0.39, 0.29) is 11.3 Å². The number of carboxylic acid groups (broad SMARTS) is 1. The molecule has 2 aliphatic heterocycles. The van der Waals surface area contributed by atoms with E-state index in [2.05, 4.69) is 20.9 Å². The van der Waals surface area contributed by atoms with Gasteiger partial charge in [0.15, 0.2) is 17.9 Å². The molecule has 0 radical (unpaired) electrons. The van der Waals surface area contributed by atoms with Crippen LogP contribution in [0.5, 0.6) is 0 Å². The summed E-state index contributed by atoms with van der Waals surface area (Å²) >= 11 is 7.01. The fraction of sp³-hybridized carbons (Fsp3) is 0.487. The van der Waals surface area contributed by atoms with Crippen LogP contribution < -0.4 is 16.0 Å². The Labute approximate surface area is 308 Å². The Hall–Kier alpha value is -4.23. The van der Waals surface area contributed by atoms with E-state index in [9.17, 15) is 19.8 Å². The molecule has 274 valence electrons. The number of aliphatic hydroxyl groups excluding tert-OH is 1. The number of amides is 1. The fourth-order valence-corrected chi connectivity index (χ4v) is 9.64. The summed E-state index contributed by atoms with van der Waals surface area (Å²) in [6.45, 7) is 6.02. The van der Waals surface area contributed by atoms with E-state index in [1.807, 2.05) is 60.5 Å². The number of carbonyl (C=O) groups excluding carboxylic acids is 1. The molecule has 1 amide bonds. The summed E-state index contributed by atoms with van der Waals surface area (Å²) in [6.07, 6.45) is 6.10. The molecule has 2 aliphatic carbocycles. The molecular formula is C39H47ClN8O4. The van der Waals surface area contributed by atoms with E-state index < -0.39 is 17.6 Å². The van der Waals surface area contributed by atoms with Gasteiger partial charge in [0.25, 0.3) is 5.91 Å². The number of carbonyl (C=O) groups is 2. The minimum absolute atomic E-state index is 0.149. The highest BCUT2D eigenvalue weighted by molar-refractivity contribution is 6.36. The molecule has 0 saturated heterocycles. The van der Waals surface area contributed by atoms with Crippen LogP contribution in [0.2, 0.25) is 5.02 Å². The predicted molar refractivity (Wildman–Crippen MR) is 199 cm³/mol. The van der Waals surface area contributed by atoms with Crippen LogP contribution in [-0.2, 0) is 44.8 Å². The average Bonchev–Trinajstić information content (AvgIpc) is 3.90. The Morgan fingerprint density at radius 1 is 0.981 bits per heavy atom. The molecule has 2 bridgehead atoms. The van der Waals surface area contributed by atoms with Gasteiger partial charge in [-0.2, -0.15) is 0 Å². The molecule has 2 aromatic carbocycles. The number of nitrogens with zero attached hydrogens (tertiary/aromatic N) is 5. The first kappa shape index (κ1) is 34.8. The largest absolute Gasteiger partial charge is 0.481 e. The molecule has 1 atom stereocenters. The Balaban J connectivity index is 0.949. The van der Waals surface area contributed by atoms with Gasteiger partial charge in [-0.3, -0.25) is 14.5 Å². The van der Waals surface area contributed by atoms with Crippen LogP contribution in [0.1, 0.15) is 89.5 Å². The molecule has 2 saturated carbocycles. The lowest BCUT2D eigenvalue weighted by Gasteiger charge is -2.32. The lowest BCUT2D eigenvalue weighted by Crippen LogP contribution is -2.34. The zero-order chi connectivity index (χ0) is 36.4. The summed E-state index contributed by atoms with van der Waals surface area (Å²) in [5.74, 6) is -0.0392. The highest BCUT2D eigenvalue weighted by Gasteiger charge is 2.57. The number of nitrogens with one attached hydrogen (secondary N) is 3. The van der Waals surface area contributed by atoms with Gasteiger partial charge in [0.1, 0.15) is 0 Å². The number of benzene rings is 2. The van der Waals surface area contributed by atoms with E-state index in [0.717, 1.165) is 116 Å². The molecule has 4 heterocycles. The van der Waals surface area contributed by atoms with Gasteiger partial charge in [-0.15, -0.1) is 0 Å². The number of hydrogen-bond acceptors (Lipinski definition) is 8. The molecule has 1 unspecified atom stereocenters. The molecule has 4 aliphatic rings. The normalized spacial score (nSPS) is 22.9. The number of aliphatic hydroxyl groups is 1. The van der Waals surface area contributed by atoms with Crippen molar-refractivity contribution < 1.29 is 19.8 Å². The second kappa shape index (κ2) is 13.3. The minimum Gasteiger partial charge on any atom is -0.481 e. The maximum absolute atomic E-state index is 13.7. The van der Waals surface area contributed by atoms with Crippen LogP contribution in [0, 0.1) is 17.8 Å². The molecule has 12 nitrogen and oxygen atoms in total. The summed E-state index contributed by atoms with van der Waals surface area (Å²) in [4.78, 5) is 37.6. The van der Waals surface area contributed by atoms with Gasteiger partial charge in [0.05, 0.1) is 27.5 Å². The number of fused-ring (bicyclic) bond motifs is 4. The standard InChI is InChI=1S/C39H47ClN8O4/c1-23-24(6-4-8-26(23)44-35(49)33-42-28-20-41-17-10-30(28)46(33)2)25-7-5-9-27(32(25)40)45-36(50)34-43-29-21-48(18-11-31(29)47(34)3)19-16-38-12-14-39(22-38,15-13-38)37(51)52/h4-9,35,41,44,49H,10-22H2,1-3H3,(H,45,50)(H,51,52). The Morgan fingerprint density at radius 2 is 1.71 bits per heavy atom. The second-order valence-electron chi connectivity index (χ2n) is 15.4. The summed E-state index contributed by atoms with van der Waals surface area (Å²) in [5.41, 5.74) is 7.50. The molecule has 13 heteroatoms. The number of imidazole rings is 2. The molecule has 4 aromatic rings. The van der Waals surface area contributed by atoms with Crippen molar-refractivity contribution in [2.75, 3.05) is 30.3 Å². The van der Waals surface area contributed by atoms with Crippen molar-refractivity contribution in [1.29, 1.82) is 0 Å². The maximum Gasteiger partial charge on any atom is 0.309 e. The van der Waals surface area contributed by atoms with E-state index in [0.29, 0.717) is 35.4 Å². The third-order valence-corrected chi connectivity index (χ3v) is 12.9. The van der Waals surface area contributed by atoms with Gasteiger partial charge in [-0.25, -0.2) is 9.97 Å². The van der Waals surface area contributed by atoms with Gasteiger partial charge < -0.3 is 35.3 Å². The summed E-state index contributed by atoms with van der Waals surface area (Å²) in [7, 11) is 3.83. The zero-order valence-corrected chi connectivity index (χ0v) is 30.8. The molecule has 8 rings (SSSR count). The van der Waals surface area contributed by atoms with Crippen LogP contribution in [0.3, 0.4) is 0 Å². The molecule has 2 aromatic heterocycles. The number of anilines is 2. The van der Waals surface area contributed by atoms with Crippen LogP contribution in [0.25, 0.3) is 11.1 Å². The van der Waals surface area contributed by atoms with Crippen LogP contribution in [-0.4, -0.2) is 65.7 Å². The fourth-order valence-electron chi connectivity index (χ4n) is 9.36. The van der Waals surface area contributed by atoms with E-state index in [4.69, 9.17) is 21.6 Å². The van der Waals surface area contributed by atoms with Gasteiger partial charge >= 0.3 is 5.97 Å². The predicted octanol–water partition coefficient (Wildman–Crippen LogP) is 5.57. The van der Waals surface area contributed by atoms with Gasteiger partial charge in [0.2, 0.25) is 0 Å². The quantitative estimate of drug-likeness (QED) is 0.132. The van der Waals surface area contributed by atoms with Crippen molar-refractivity contribution in [2.45, 2.75) is 77.6 Å². The Morgan fingerprint density at radius 3 is 2.44 bits per heavy atom. The van der Waals surface area contributed by atoms with Crippen molar-refractivity contribution >= 4 is 34.9 Å². The van der Waals surface area contributed by atoms with Crippen molar-refractivity contribution in [3.63, 3.8) is 0 Å². The second-order valence-corrected chi connectivity index (χ2v) is 15.8. The average molecular weight is 727 g/mol. The first-order valence-corrected chi connectivity index (χ1v) is 18.8. The molecule has 2 fully saturated rings.